The summed E-state index contributed by atoms with van der Waals surface area (Å²) in [7, 11) is 0. The molecule has 0 amide bonds. The van der Waals surface area contributed by atoms with Crippen LogP contribution in [0.3, 0.4) is 0 Å². The number of hydrogen-bond acceptors (Lipinski definition) is 1. The third-order valence-corrected chi connectivity index (χ3v) is 2.32. The molecule has 0 radical (unpaired) electrons. The molecule has 2 N–H and O–H groups in total. The minimum atomic E-state index is 0.143. The van der Waals surface area contributed by atoms with Crippen molar-refractivity contribution in [1.82, 2.24) is 4.57 Å². The van der Waals surface area contributed by atoms with Crippen LogP contribution in [-0.2, 0) is 5.41 Å². The summed E-state index contributed by atoms with van der Waals surface area (Å²) in [6, 6.07) is 2.56. The van der Waals surface area contributed by atoms with Crippen LogP contribution < -0.4 is 5.73 Å². The van der Waals surface area contributed by atoms with Gasteiger partial charge >= 0.3 is 0 Å². The highest BCUT2D eigenvalue weighted by Gasteiger charge is 2.19. The van der Waals surface area contributed by atoms with Crippen molar-refractivity contribution in [1.29, 1.82) is 0 Å². The molecule has 2 nitrogen and oxygen atoms in total. The minimum absolute atomic E-state index is 0.143. The van der Waals surface area contributed by atoms with Gasteiger partial charge in [-0.15, -0.1) is 0 Å². The highest BCUT2D eigenvalue weighted by Crippen LogP contribution is 2.30. The van der Waals surface area contributed by atoms with E-state index in [-0.39, 0.29) is 5.41 Å². The largest absolute Gasteiger partial charge is 0.385 e. The van der Waals surface area contributed by atoms with Gasteiger partial charge < -0.3 is 10.3 Å². The van der Waals surface area contributed by atoms with Crippen LogP contribution in [0.1, 0.15) is 46.2 Å². The Morgan fingerprint density at radius 3 is 2.08 bits per heavy atom. The molecule has 0 atom stereocenters. The van der Waals surface area contributed by atoms with Crippen LogP contribution in [0.25, 0.3) is 0 Å². The smallest absolute Gasteiger partial charge is 0.107 e. The van der Waals surface area contributed by atoms with Crippen molar-refractivity contribution in [2.45, 2.75) is 46.1 Å². The minimum Gasteiger partial charge on any atom is -0.385 e. The summed E-state index contributed by atoms with van der Waals surface area (Å²) < 4.78 is 2.11. The molecule has 0 saturated carbocycles. The van der Waals surface area contributed by atoms with Crippen LogP contribution in [0.2, 0.25) is 0 Å². The molecular formula is C11H20N2. The van der Waals surface area contributed by atoms with E-state index in [0.29, 0.717) is 6.04 Å². The first-order chi connectivity index (χ1) is 5.84. The lowest BCUT2D eigenvalue weighted by Crippen LogP contribution is -2.14. The fourth-order valence-electron chi connectivity index (χ4n) is 1.54. The second-order valence-corrected chi connectivity index (χ2v) is 4.87. The average Bonchev–Trinajstić information content (AvgIpc) is 2.28. The number of nitrogen functional groups attached to an aromatic ring is 1. The van der Waals surface area contributed by atoms with Crippen LogP contribution in [0.4, 0.5) is 5.82 Å². The van der Waals surface area contributed by atoms with Crippen LogP contribution in [0.15, 0.2) is 12.3 Å². The van der Waals surface area contributed by atoms with E-state index in [9.17, 15) is 0 Å². The standard InChI is InChI=1S/C11H20N2/c1-8(2)13-7-6-9(10(13)12)11(3,4)5/h6-8H,12H2,1-5H3. The summed E-state index contributed by atoms with van der Waals surface area (Å²) in [5.74, 6) is 0.905. The Hall–Kier alpha value is -0.920. The van der Waals surface area contributed by atoms with Crippen molar-refractivity contribution >= 4 is 5.82 Å². The molecule has 1 rings (SSSR count). The Kier molecular flexibility index (Phi) is 2.42. The van der Waals surface area contributed by atoms with E-state index >= 15 is 0 Å². The molecule has 1 aromatic heterocycles. The summed E-state index contributed by atoms with van der Waals surface area (Å²) >= 11 is 0. The number of nitrogens with zero attached hydrogens (tertiary/aromatic N) is 1. The number of anilines is 1. The third kappa shape index (κ3) is 1.87. The zero-order chi connectivity index (χ0) is 10.2. The van der Waals surface area contributed by atoms with Gasteiger partial charge in [-0.05, 0) is 30.9 Å². The summed E-state index contributed by atoms with van der Waals surface area (Å²) in [6.45, 7) is 10.8. The van der Waals surface area contributed by atoms with Gasteiger partial charge in [0.1, 0.15) is 5.82 Å². The van der Waals surface area contributed by atoms with Gasteiger partial charge in [0.15, 0.2) is 0 Å². The van der Waals surface area contributed by atoms with E-state index < -0.39 is 0 Å². The number of aromatic nitrogens is 1. The molecule has 0 spiro atoms. The first kappa shape index (κ1) is 10.2. The molecule has 0 aliphatic rings. The van der Waals surface area contributed by atoms with E-state index in [0.717, 1.165) is 5.82 Å². The lowest BCUT2D eigenvalue weighted by atomic mass is 9.88. The maximum Gasteiger partial charge on any atom is 0.107 e. The van der Waals surface area contributed by atoms with Crippen LogP contribution in [-0.4, -0.2) is 4.57 Å². The van der Waals surface area contributed by atoms with Gasteiger partial charge in [0.05, 0.1) is 0 Å². The summed E-state index contributed by atoms with van der Waals surface area (Å²) in [4.78, 5) is 0. The van der Waals surface area contributed by atoms with E-state index in [1.54, 1.807) is 0 Å². The number of hydrogen-bond donors (Lipinski definition) is 1. The SMILES string of the molecule is CC(C)n1ccc(C(C)(C)C)c1N. The van der Waals surface area contributed by atoms with Gasteiger partial charge in [-0.3, -0.25) is 0 Å². The van der Waals surface area contributed by atoms with Crippen LogP contribution in [0.5, 0.6) is 0 Å². The molecule has 0 aromatic carbocycles. The zero-order valence-corrected chi connectivity index (χ0v) is 9.26. The fourth-order valence-corrected chi connectivity index (χ4v) is 1.54. The van der Waals surface area contributed by atoms with Crippen molar-refractivity contribution in [2.24, 2.45) is 0 Å². The van der Waals surface area contributed by atoms with Crippen LogP contribution >= 0.6 is 0 Å². The topological polar surface area (TPSA) is 30.9 Å². The average molecular weight is 180 g/mol. The summed E-state index contributed by atoms with van der Waals surface area (Å²) in [5.41, 5.74) is 7.43. The van der Waals surface area contributed by atoms with Crippen molar-refractivity contribution < 1.29 is 0 Å². The molecular weight excluding hydrogens is 160 g/mol. The Morgan fingerprint density at radius 1 is 1.31 bits per heavy atom. The van der Waals surface area contributed by atoms with Gasteiger partial charge in [0, 0.05) is 12.2 Å². The first-order valence-corrected chi connectivity index (χ1v) is 4.81. The normalized spacial score (nSPS) is 12.5. The Balaban J connectivity index is 3.14. The third-order valence-electron chi connectivity index (χ3n) is 2.32. The van der Waals surface area contributed by atoms with E-state index in [1.165, 1.54) is 5.56 Å². The second-order valence-electron chi connectivity index (χ2n) is 4.87. The lowest BCUT2D eigenvalue weighted by Gasteiger charge is -2.19. The molecule has 2 heteroatoms. The number of rotatable bonds is 1. The summed E-state index contributed by atoms with van der Waals surface area (Å²) in [5, 5.41) is 0. The highest BCUT2D eigenvalue weighted by atomic mass is 15.1. The predicted octanol–water partition coefficient (Wildman–Crippen LogP) is 2.95. The van der Waals surface area contributed by atoms with Crippen molar-refractivity contribution in [3.63, 3.8) is 0 Å². The van der Waals surface area contributed by atoms with Gasteiger partial charge in [0.25, 0.3) is 0 Å². The molecule has 0 saturated heterocycles. The van der Waals surface area contributed by atoms with Crippen molar-refractivity contribution in [3.05, 3.63) is 17.8 Å². The van der Waals surface area contributed by atoms with Crippen molar-refractivity contribution in [3.8, 4) is 0 Å². The molecule has 0 aliphatic carbocycles. The van der Waals surface area contributed by atoms with Gasteiger partial charge in [-0.2, -0.15) is 0 Å². The molecule has 13 heavy (non-hydrogen) atoms. The molecule has 1 heterocycles. The van der Waals surface area contributed by atoms with Gasteiger partial charge in [0.2, 0.25) is 0 Å². The maximum atomic E-state index is 6.05. The van der Waals surface area contributed by atoms with E-state index in [4.69, 9.17) is 5.73 Å². The molecule has 74 valence electrons. The highest BCUT2D eigenvalue weighted by molar-refractivity contribution is 5.46. The first-order valence-electron chi connectivity index (χ1n) is 4.81. The quantitative estimate of drug-likeness (QED) is 0.707. The second kappa shape index (κ2) is 3.09. The van der Waals surface area contributed by atoms with Crippen LogP contribution in [0, 0.1) is 0 Å². The Morgan fingerprint density at radius 2 is 1.85 bits per heavy atom. The van der Waals surface area contributed by atoms with Gasteiger partial charge in [-0.1, -0.05) is 20.8 Å². The molecule has 0 fully saturated rings. The zero-order valence-electron chi connectivity index (χ0n) is 9.26. The number of nitrogens with two attached hydrogens (primary N) is 1. The molecule has 0 aliphatic heterocycles. The van der Waals surface area contributed by atoms with Gasteiger partial charge in [-0.25, -0.2) is 0 Å². The van der Waals surface area contributed by atoms with E-state index in [2.05, 4.69) is 51.4 Å². The maximum absolute atomic E-state index is 6.05. The monoisotopic (exact) mass is 180 g/mol. The van der Waals surface area contributed by atoms with Crippen molar-refractivity contribution in [2.75, 3.05) is 5.73 Å². The fraction of sp³-hybridized carbons (Fsp3) is 0.636. The van der Waals surface area contributed by atoms with E-state index in [1.807, 2.05) is 0 Å². The Labute approximate surface area is 80.7 Å². The predicted molar refractivity (Wildman–Crippen MR) is 57.9 cm³/mol. The lowest BCUT2D eigenvalue weighted by molar-refractivity contribution is 0.579. The molecule has 0 unspecified atom stereocenters. The summed E-state index contributed by atoms with van der Waals surface area (Å²) in [6.07, 6.45) is 2.07. The molecule has 1 aromatic rings. The Bertz CT molecular complexity index is 290. The molecule has 0 bridgehead atoms.